The molecule has 0 bridgehead atoms. The lowest BCUT2D eigenvalue weighted by molar-refractivity contribution is 0.892. The molecule has 0 N–H and O–H groups in total. The summed E-state index contributed by atoms with van der Waals surface area (Å²) < 4.78 is 4.51. The summed E-state index contributed by atoms with van der Waals surface area (Å²) >= 11 is 9.72. The molecule has 2 aromatic carbocycles. The van der Waals surface area contributed by atoms with Gasteiger partial charge in [0.1, 0.15) is 0 Å². The maximum absolute atomic E-state index is 4.22. The largest absolute Gasteiger partial charge is 0.370 e. The summed E-state index contributed by atoms with van der Waals surface area (Å²) in [5.41, 5.74) is 4.65. The predicted octanol–water partition coefficient (Wildman–Crippen LogP) is 6.49. The molecule has 0 amide bonds. The minimum absolute atomic E-state index is 1.06. The van der Waals surface area contributed by atoms with Gasteiger partial charge < -0.3 is 9.80 Å². The van der Waals surface area contributed by atoms with E-state index in [9.17, 15) is 0 Å². The van der Waals surface area contributed by atoms with Gasteiger partial charge in [-0.1, -0.05) is 115 Å². The second kappa shape index (κ2) is 16.0. The molecule has 0 aliphatic rings. The highest BCUT2D eigenvalue weighted by molar-refractivity contribution is 14.1. The van der Waals surface area contributed by atoms with Gasteiger partial charge in [-0.2, -0.15) is 10.2 Å². The molecule has 2 rings (SSSR count). The summed E-state index contributed by atoms with van der Waals surface area (Å²) in [6.07, 6.45) is 3.61. The Kier molecular flexibility index (Phi) is 14.2. The fourth-order valence-electron chi connectivity index (χ4n) is 2.89. The van der Waals surface area contributed by atoms with E-state index >= 15 is 0 Å². The Morgan fingerprint density at radius 1 is 0.533 bits per heavy atom. The molecule has 0 aromatic heterocycles. The van der Waals surface area contributed by atoms with Crippen molar-refractivity contribution in [2.45, 2.75) is 0 Å². The molecule has 0 radical (unpaired) electrons. The number of benzene rings is 2. The first-order valence-electron chi connectivity index (χ1n) is 9.72. The summed E-state index contributed by atoms with van der Waals surface area (Å²) in [4.78, 5) is 4.84. The number of alkyl halides is 4. The van der Waals surface area contributed by atoms with Crippen LogP contribution in [0.15, 0.2) is 58.7 Å². The maximum atomic E-state index is 4.22. The Balaban J connectivity index is 1.94. The van der Waals surface area contributed by atoms with Crippen molar-refractivity contribution in [3.05, 3.63) is 59.7 Å². The zero-order valence-electron chi connectivity index (χ0n) is 16.7. The van der Waals surface area contributed by atoms with Gasteiger partial charge in [0, 0.05) is 55.3 Å². The van der Waals surface area contributed by atoms with Crippen LogP contribution in [0.4, 0.5) is 11.4 Å². The molecule has 0 aliphatic heterocycles. The van der Waals surface area contributed by atoms with Crippen LogP contribution in [0.5, 0.6) is 0 Å². The van der Waals surface area contributed by atoms with Crippen LogP contribution >= 0.6 is 90.4 Å². The number of anilines is 2. The van der Waals surface area contributed by atoms with Crippen LogP contribution in [0, 0.1) is 0 Å². The molecule has 2 aromatic rings. The first-order valence-corrected chi connectivity index (χ1v) is 15.8. The highest BCUT2D eigenvalue weighted by Gasteiger charge is 2.05. The average Bonchev–Trinajstić information content (AvgIpc) is 2.77. The van der Waals surface area contributed by atoms with E-state index in [1.165, 1.54) is 11.4 Å². The second-order valence-electron chi connectivity index (χ2n) is 6.40. The van der Waals surface area contributed by atoms with Crippen molar-refractivity contribution in [3.63, 3.8) is 0 Å². The van der Waals surface area contributed by atoms with Crippen LogP contribution in [0.1, 0.15) is 11.1 Å². The van der Waals surface area contributed by atoms with Crippen molar-refractivity contribution in [2.75, 3.05) is 53.7 Å². The standard InChI is InChI=1S/C22H26I4N4/c23-9-13-29(14-10-24)21-5-1-19(2-6-21)17-27-28-18-20-3-7-22(8-4-20)30(15-11-25)16-12-26/h1-8,17-18H,9-16H2. The molecule has 0 saturated heterocycles. The molecule has 0 saturated carbocycles. The third-order valence-electron chi connectivity index (χ3n) is 4.41. The minimum Gasteiger partial charge on any atom is -0.370 e. The third kappa shape index (κ3) is 9.43. The van der Waals surface area contributed by atoms with Gasteiger partial charge >= 0.3 is 0 Å². The lowest BCUT2D eigenvalue weighted by Crippen LogP contribution is -2.27. The normalized spacial score (nSPS) is 11.5. The van der Waals surface area contributed by atoms with Crippen LogP contribution in [0.2, 0.25) is 0 Å². The van der Waals surface area contributed by atoms with Crippen molar-refractivity contribution in [2.24, 2.45) is 10.2 Å². The highest BCUT2D eigenvalue weighted by Crippen LogP contribution is 2.16. The molecule has 0 aliphatic carbocycles. The number of rotatable bonds is 13. The summed E-state index contributed by atoms with van der Waals surface area (Å²) in [5.74, 6) is 0. The first kappa shape index (κ1) is 26.6. The van der Waals surface area contributed by atoms with E-state index in [2.05, 4.69) is 159 Å². The predicted molar refractivity (Wildman–Crippen MR) is 168 cm³/mol. The number of hydrogen-bond donors (Lipinski definition) is 0. The molecule has 4 nitrogen and oxygen atoms in total. The van der Waals surface area contributed by atoms with Gasteiger partial charge in [0.05, 0.1) is 12.4 Å². The van der Waals surface area contributed by atoms with Crippen LogP contribution in [-0.4, -0.2) is 56.3 Å². The van der Waals surface area contributed by atoms with Crippen molar-refractivity contribution < 1.29 is 0 Å². The van der Waals surface area contributed by atoms with Crippen LogP contribution in [-0.2, 0) is 0 Å². The van der Waals surface area contributed by atoms with Gasteiger partial charge in [0.15, 0.2) is 0 Å². The van der Waals surface area contributed by atoms with E-state index in [-0.39, 0.29) is 0 Å². The third-order valence-corrected chi connectivity index (χ3v) is 6.34. The summed E-state index contributed by atoms with van der Waals surface area (Å²) in [6, 6.07) is 17.1. The van der Waals surface area contributed by atoms with Crippen molar-refractivity contribution in [3.8, 4) is 0 Å². The lowest BCUT2D eigenvalue weighted by Gasteiger charge is -2.23. The molecular formula is C22H26I4N4. The van der Waals surface area contributed by atoms with Crippen molar-refractivity contribution in [1.82, 2.24) is 0 Å². The fourth-order valence-corrected chi connectivity index (χ4v) is 5.22. The zero-order valence-corrected chi connectivity index (χ0v) is 25.4. The van der Waals surface area contributed by atoms with Gasteiger partial charge in [-0.05, 0) is 35.4 Å². The van der Waals surface area contributed by atoms with Gasteiger partial charge in [0.2, 0.25) is 0 Å². The topological polar surface area (TPSA) is 31.2 Å². The summed E-state index contributed by atoms with van der Waals surface area (Å²) in [6.45, 7) is 4.31. The molecule has 0 spiro atoms. The SMILES string of the molecule is ICCN(CCI)c1ccc(C=NN=Cc2ccc(N(CCI)CCI)cc2)cc1. The van der Waals surface area contributed by atoms with E-state index < -0.39 is 0 Å². The average molecular weight is 854 g/mol. The smallest absolute Gasteiger partial charge is 0.0568 e. The van der Waals surface area contributed by atoms with Gasteiger partial charge in [-0.3, -0.25) is 0 Å². The van der Waals surface area contributed by atoms with Gasteiger partial charge in [-0.15, -0.1) is 0 Å². The Morgan fingerprint density at radius 3 is 1.10 bits per heavy atom. The number of nitrogens with zero attached hydrogens (tertiary/aromatic N) is 4. The maximum Gasteiger partial charge on any atom is 0.0568 e. The van der Waals surface area contributed by atoms with E-state index in [0.717, 1.165) is 55.0 Å². The van der Waals surface area contributed by atoms with Crippen molar-refractivity contribution in [1.29, 1.82) is 0 Å². The quantitative estimate of drug-likeness (QED) is 0.100. The van der Waals surface area contributed by atoms with Crippen LogP contribution in [0.25, 0.3) is 0 Å². The van der Waals surface area contributed by atoms with E-state index in [1.54, 1.807) is 12.4 Å². The Morgan fingerprint density at radius 2 is 0.833 bits per heavy atom. The Hall–Kier alpha value is 0.300. The molecule has 8 heteroatoms. The van der Waals surface area contributed by atoms with Gasteiger partial charge in [-0.25, -0.2) is 0 Å². The second-order valence-corrected chi connectivity index (χ2v) is 10.7. The highest BCUT2D eigenvalue weighted by atomic mass is 127. The molecule has 162 valence electrons. The van der Waals surface area contributed by atoms with E-state index in [4.69, 9.17) is 0 Å². The van der Waals surface area contributed by atoms with Crippen molar-refractivity contribution >= 4 is 114 Å². The molecule has 0 heterocycles. The number of halogens is 4. The van der Waals surface area contributed by atoms with Crippen LogP contribution in [0.3, 0.4) is 0 Å². The number of hydrogen-bond acceptors (Lipinski definition) is 4. The van der Waals surface area contributed by atoms with Crippen LogP contribution < -0.4 is 9.80 Å². The van der Waals surface area contributed by atoms with Gasteiger partial charge in [0.25, 0.3) is 0 Å². The molecule has 0 atom stereocenters. The monoisotopic (exact) mass is 854 g/mol. The fraction of sp³-hybridized carbons (Fsp3) is 0.364. The molecular weight excluding hydrogens is 828 g/mol. The molecule has 30 heavy (non-hydrogen) atoms. The van der Waals surface area contributed by atoms with E-state index in [0.29, 0.717) is 0 Å². The first-order chi connectivity index (χ1) is 14.7. The minimum atomic E-state index is 1.06. The zero-order chi connectivity index (χ0) is 21.6. The Bertz CT molecular complexity index is 699. The molecule has 0 unspecified atom stereocenters. The Labute approximate surface area is 234 Å². The molecule has 0 fully saturated rings. The summed E-state index contributed by atoms with van der Waals surface area (Å²) in [5, 5.41) is 8.43. The van der Waals surface area contributed by atoms with E-state index in [1.807, 2.05) is 0 Å². The lowest BCUT2D eigenvalue weighted by atomic mass is 10.2. The summed E-state index contributed by atoms with van der Waals surface area (Å²) in [7, 11) is 0.